The summed E-state index contributed by atoms with van der Waals surface area (Å²) in [6, 6.07) is 7.37. The van der Waals surface area contributed by atoms with Crippen LogP contribution >= 0.6 is 12.4 Å². The fraction of sp³-hybridized carbons (Fsp3) is 0.579. The Kier molecular flexibility index (Phi) is 6.47. The number of rotatable bonds is 5. The molecule has 2 amide bonds. The molecule has 1 aliphatic heterocycles. The van der Waals surface area contributed by atoms with Crippen molar-refractivity contribution in [2.45, 2.75) is 32.6 Å². The first-order valence-corrected chi connectivity index (χ1v) is 8.86. The van der Waals surface area contributed by atoms with Crippen molar-refractivity contribution in [3.8, 4) is 0 Å². The molecule has 0 bridgehead atoms. The second kappa shape index (κ2) is 8.19. The zero-order chi connectivity index (χ0) is 17.2. The van der Waals surface area contributed by atoms with Crippen LogP contribution in [0.3, 0.4) is 0 Å². The fourth-order valence-corrected chi connectivity index (χ4v) is 3.28. The lowest BCUT2D eigenvalue weighted by Crippen LogP contribution is -2.43. The average molecular weight is 366 g/mol. The van der Waals surface area contributed by atoms with Crippen LogP contribution in [0.1, 0.15) is 43.0 Å². The maximum atomic E-state index is 12.7. The molecule has 0 radical (unpaired) electrons. The van der Waals surface area contributed by atoms with E-state index in [1.165, 1.54) is 0 Å². The van der Waals surface area contributed by atoms with Gasteiger partial charge in [0.15, 0.2) is 0 Å². The molecule has 5 nitrogen and oxygen atoms in total. The number of anilines is 1. The van der Waals surface area contributed by atoms with Gasteiger partial charge in [-0.2, -0.15) is 0 Å². The number of piperidine rings is 1. The normalized spacial score (nSPS) is 18.8. The summed E-state index contributed by atoms with van der Waals surface area (Å²) in [5, 5.41) is 6.44. The van der Waals surface area contributed by atoms with Crippen molar-refractivity contribution < 1.29 is 9.59 Å². The van der Waals surface area contributed by atoms with Crippen molar-refractivity contribution in [1.82, 2.24) is 10.6 Å². The summed E-state index contributed by atoms with van der Waals surface area (Å²) >= 11 is 0. The van der Waals surface area contributed by atoms with Crippen molar-refractivity contribution in [3.63, 3.8) is 0 Å². The third-order valence-corrected chi connectivity index (χ3v) is 5.25. The minimum Gasteiger partial charge on any atom is -0.351 e. The van der Waals surface area contributed by atoms with Crippen LogP contribution in [0, 0.1) is 11.3 Å². The molecule has 2 fully saturated rings. The molecule has 0 aromatic heterocycles. The van der Waals surface area contributed by atoms with E-state index in [9.17, 15) is 9.59 Å². The number of hydrogen-bond donors (Lipinski definition) is 2. The zero-order valence-corrected chi connectivity index (χ0v) is 15.8. The molecule has 3 rings (SSSR count). The lowest BCUT2D eigenvalue weighted by atomic mass is 9.81. The molecule has 2 N–H and O–H groups in total. The van der Waals surface area contributed by atoms with Gasteiger partial charge in [0.25, 0.3) is 5.91 Å². The molecule has 1 aromatic carbocycles. The summed E-state index contributed by atoms with van der Waals surface area (Å²) < 4.78 is 0. The highest BCUT2D eigenvalue weighted by molar-refractivity contribution is 6.05. The number of nitrogens with one attached hydrogen (secondary N) is 2. The summed E-state index contributed by atoms with van der Waals surface area (Å²) in [5.74, 6) is 0.154. The van der Waals surface area contributed by atoms with Crippen LogP contribution in [-0.2, 0) is 4.79 Å². The minimum atomic E-state index is -0.0965. The van der Waals surface area contributed by atoms with Gasteiger partial charge in [-0.15, -0.1) is 12.4 Å². The summed E-state index contributed by atoms with van der Waals surface area (Å²) in [6.45, 7) is 4.90. The molecule has 6 heteroatoms. The van der Waals surface area contributed by atoms with E-state index in [0.29, 0.717) is 17.8 Å². The Bertz CT molecular complexity index is 625. The van der Waals surface area contributed by atoms with Crippen LogP contribution < -0.4 is 15.5 Å². The zero-order valence-electron chi connectivity index (χ0n) is 15.0. The lowest BCUT2D eigenvalue weighted by Gasteiger charge is -2.34. The van der Waals surface area contributed by atoms with E-state index in [2.05, 4.69) is 17.6 Å². The molecular weight excluding hydrogens is 338 g/mol. The maximum Gasteiger partial charge on any atom is 0.253 e. The van der Waals surface area contributed by atoms with E-state index in [4.69, 9.17) is 0 Å². The van der Waals surface area contributed by atoms with Crippen molar-refractivity contribution in [1.29, 1.82) is 0 Å². The van der Waals surface area contributed by atoms with E-state index < -0.39 is 0 Å². The minimum absolute atomic E-state index is 0. The van der Waals surface area contributed by atoms with Gasteiger partial charge in [0.05, 0.1) is 11.3 Å². The van der Waals surface area contributed by atoms with Crippen LogP contribution in [0.25, 0.3) is 0 Å². The monoisotopic (exact) mass is 365 g/mol. The molecule has 2 aliphatic rings. The molecule has 0 atom stereocenters. The van der Waals surface area contributed by atoms with E-state index >= 15 is 0 Å². The number of para-hydroxylation sites is 1. The third-order valence-electron chi connectivity index (χ3n) is 5.25. The first-order chi connectivity index (χ1) is 11.5. The molecule has 0 spiro atoms. The predicted octanol–water partition coefficient (Wildman–Crippen LogP) is 2.60. The number of carbonyl (C=O) groups excluding carboxylic acids is 2. The van der Waals surface area contributed by atoms with Crippen LogP contribution in [0.2, 0.25) is 0 Å². The van der Waals surface area contributed by atoms with E-state index in [0.717, 1.165) is 38.8 Å². The summed E-state index contributed by atoms with van der Waals surface area (Å²) in [7, 11) is 1.76. The van der Waals surface area contributed by atoms with Crippen molar-refractivity contribution in [2.24, 2.45) is 11.3 Å². The Hall–Kier alpha value is -1.59. The molecular formula is C19H28ClN3O2. The van der Waals surface area contributed by atoms with Crippen molar-refractivity contribution in [2.75, 3.05) is 31.6 Å². The first kappa shape index (κ1) is 19.7. The van der Waals surface area contributed by atoms with Gasteiger partial charge in [-0.1, -0.05) is 19.1 Å². The predicted molar refractivity (Wildman–Crippen MR) is 102 cm³/mol. The Morgan fingerprint density at radius 3 is 2.52 bits per heavy atom. The molecule has 1 aliphatic carbocycles. The second-order valence-corrected chi connectivity index (χ2v) is 7.43. The Labute approximate surface area is 155 Å². The van der Waals surface area contributed by atoms with Crippen LogP contribution in [0.5, 0.6) is 0 Å². The SMILES string of the molecule is CN(C(=O)C1CC1)c1ccccc1C(=O)NCC1(C)CCNCC1.Cl. The molecule has 1 heterocycles. The standard InChI is InChI=1S/C19H27N3O2.ClH/c1-19(9-11-20-12-10-19)13-21-17(23)15-5-3-4-6-16(15)22(2)18(24)14-7-8-14;/h3-6,14,20H,7-13H2,1-2H3,(H,21,23);1H. The van der Waals surface area contributed by atoms with Gasteiger partial charge in [0.2, 0.25) is 5.91 Å². The van der Waals surface area contributed by atoms with Gasteiger partial charge in [0, 0.05) is 19.5 Å². The Morgan fingerprint density at radius 1 is 1.24 bits per heavy atom. The number of carbonyl (C=O) groups is 2. The summed E-state index contributed by atoms with van der Waals surface area (Å²) in [4.78, 5) is 26.7. The van der Waals surface area contributed by atoms with Gasteiger partial charge in [-0.05, 0) is 56.3 Å². The number of amides is 2. The van der Waals surface area contributed by atoms with E-state index in [-0.39, 0.29) is 35.6 Å². The van der Waals surface area contributed by atoms with Gasteiger partial charge in [-0.25, -0.2) is 0 Å². The Morgan fingerprint density at radius 2 is 1.88 bits per heavy atom. The smallest absolute Gasteiger partial charge is 0.253 e. The summed E-state index contributed by atoms with van der Waals surface area (Å²) in [5.41, 5.74) is 1.42. The number of halogens is 1. The molecule has 0 unspecified atom stereocenters. The average Bonchev–Trinajstić information content (AvgIpc) is 3.44. The van der Waals surface area contributed by atoms with Gasteiger partial charge < -0.3 is 15.5 Å². The highest BCUT2D eigenvalue weighted by Gasteiger charge is 2.33. The number of hydrogen-bond acceptors (Lipinski definition) is 3. The topological polar surface area (TPSA) is 61.4 Å². The Balaban J connectivity index is 0.00000225. The number of nitrogens with zero attached hydrogens (tertiary/aromatic N) is 1. The van der Waals surface area contributed by atoms with Crippen LogP contribution in [0.15, 0.2) is 24.3 Å². The second-order valence-electron chi connectivity index (χ2n) is 7.43. The molecule has 138 valence electrons. The van der Waals surface area contributed by atoms with Crippen molar-refractivity contribution >= 4 is 29.9 Å². The quantitative estimate of drug-likeness (QED) is 0.843. The van der Waals surface area contributed by atoms with Crippen LogP contribution in [-0.4, -0.2) is 38.5 Å². The third kappa shape index (κ3) is 4.73. The van der Waals surface area contributed by atoms with E-state index in [1.807, 2.05) is 18.2 Å². The van der Waals surface area contributed by atoms with Crippen LogP contribution in [0.4, 0.5) is 5.69 Å². The largest absolute Gasteiger partial charge is 0.351 e. The molecule has 1 saturated carbocycles. The summed E-state index contributed by atoms with van der Waals surface area (Å²) in [6.07, 6.45) is 4.05. The highest BCUT2D eigenvalue weighted by atomic mass is 35.5. The first-order valence-electron chi connectivity index (χ1n) is 8.86. The maximum absolute atomic E-state index is 12.7. The molecule has 1 aromatic rings. The lowest BCUT2D eigenvalue weighted by molar-refractivity contribution is -0.119. The van der Waals surface area contributed by atoms with Crippen molar-refractivity contribution in [3.05, 3.63) is 29.8 Å². The van der Waals surface area contributed by atoms with E-state index in [1.54, 1.807) is 18.0 Å². The highest BCUT2D eigenvalue weighted by Crippen LogP contribution is 2.33. The van der Waals surface area contributed by atoms with Gasteiger partial charge in [-0.3, -0.25) is 9.59 Å². The molecule has 1 saturated heterocycles. The molecule has 25 heavy (non-hydrogen) atoms. The number of benzene rings is 1. The van der Waals surface area contributed by atoms with Gasteiger partial charge in [0.1, 0.15) is 0 Å². The fourth-order valence-electron chi connectivity index (χ4n) is 3.28. The van der Waals surface area contributed by atoms with Gasteiger partial charge >= 0.3 is 0 Å².